The third-order valence-corrected chi connectivity index (χ3v) is 5.63. The number of nitrogens with zero attached hydrogens (tertiary/aromatic N) is 2. The number of ether oxygens (including phenoxy) is 1. The third-order valence-electron chi connectivity index (χ3n) is 4.69. The van der Waals surface area contributed by atoms with E-state index in [2.05, 4.69) is 10.3 Å². The van der Waals surface area contributed by atoms with Crippen LogP contribution in [0, 0.1) is 6.92 Å². The Balaban J connectivity index is 1.69. The largest absolute Gasteiger partial charge is 0.497 e. The Bertz CT molecular complexity index is 1320. The molecule has 7 heteroatoms. The molecule has 1 heterocycles. The van der Waals surface area contributed by atoms with Gasteiger partial charge >= 0.3 is 0 Å². The summed E-state index contributed by atoms with van der Waals surface area (Å²) in [5, 5.41) is 3.84. The average Bonchev–Trinajstić information content (AvgIpc) is 2.78. The van der Waals surface area contributed by atoms with Gasteiger partial charge in [0.05, 0.1) is 29.5 Å². The number of aryl methyl sites for hydroxylation is 1. The number of carbonyl (C=O) groups is 1. The van der Waals surface area contributed by atoms with Crippen molar-refractivity contribution in [3.8, 4) is 11.4 Å². The zero-order valence-electron chi connectivity index (χ0n) is 17.2. The minimum atomic E-state index is -0.194. The van der Waals surface area contributed by atoms with Crippen LogP contribution in [-0.4, -0.2) is 28.3 Å². The molecule has 1 N–H and O–H groups in total. The van der Waals surface area contributed by atoms with Crippen LogP contribution in [0.15, 0.2) is 82.7 Å². The van der Waals surface area contributed by atoms with Gasteiger partial charge in [-0.05, 0) is 48.9 Å². The third kappa shape index (κ3) is 4.62. The molecule has 0 bridgehead atoms. The van der Waals surface area contributed by atoms with E-state index >= 15 is 0 Å². The van der Waals surface area contributed by atoms with Crippen LogP contribution in [0.5, 0.6) is 5.75 Å². The summed E-state index contributed by atoms with van der Waals surface area (Å²) >= 11 is 1.21. The van der Waals surface area contributed by atoms with Crippen molar-refractivity contribution in [2.24, 2.45) is 0 Å². The summed E-state index contributed by atoms with van der Waals surface area (Å²) in [5.74, 6) is 0.573. The van der Waals surface area contributed by atoms with Crippen molar-refractivity contribution in [2.75, 3.05) is 18.2 Å². The standard InChI is InChI=1S/C24H21N3O3S/c1-16-7-5-8-17(13-16)25-22(28)15-31-24-26-21-12-4-3-11-20(21)23(29)27(24)18-9-6-10-19(14-18)30-2/h3-14H,15H2,1-2H3,(H,25,28). The maximum atomic E-state index is 13.3. The second-order valence-electron chi connectivity index (χ2n) is 6.96. The Morgan fingerprint density at radius 3 is 2.68 bits per heavy atom. The lowest BCUT2D eigenvalue weighted by Gasteiger charge is -2.14. The van der Waals surface area contributed by atoms with Gasteiger partial charge < -0.3 is 10.1 Å². The number of methoxy groups -OCH3 is 1. The van der Waals surface area contributed by atoms with Crippen LogP contribution in [0.2, 0.25) is 0 Å². The number of para-hydroxylation sites is 1. The van der Waals surface area contributed by atoms with Gasteiger partial charge in [-0.2, -0.15) is 0 Å². The summed E-state index contributed by atoms with van der Waals surface area (Å²) in [6.07, 6.45) is 0. The number of amides is 1. The number of rotatable bonds is 6. The number of nitrogens with one attached hydrogen (secondary N) is 1. The van der Waals surface area contributed by atoms with Crippen LogP contribution in [0.1, 0.15) is 5.56 Å². The maximum absolute atomic E-state index is 13.3. The molecule has 0 unspecified atom stereocenters. The van der Waals surface area contributed by atoms with E-state index in [1.807, 2.05) is 61.5 Å². The van der Waals surface area contributed by atoms with E-state index in [4.69, 9.17) is 4.74 Å². The molecule has 31 heavy (non-hydrogen) atoms. The van der Waals surface area contributed by atoms with Gasteiger partial charge in [0.15, 0.2) is 5.16 Å². The van der Waals surface area contributed by atoms with Crippen molar-refractivity contribution in [1.82, 2.24) is 9.55 Å². The van der Waals surface area contributed by atoms with Crippen LogP contribution >= 0.6 is 11.8 Å². The lowest BCUT2D eigenvalue weighted by molar-refractivity contribution is -0.113. The highest BCUT2D eigenvalue weighted by atomic mass is 32.2. The fourth-order valence-corrected chi connectivity index (χ4v) is 4.05. The molecule has 0 saturated carbocycles. The zero-order chi connectivity index (χ0) is 21.8. The van der Waals surface area contributed by atoms with Gasteiger partial charge in [0.25, 0.3) is 5.56 Å². The van der Waals surface area contributed by atoms with Crippen LogP contribution in [-0.2, 0) is 4.79 Å². The minimum Gasteiger partial charge on any atom is -0.497 e. The predicted molar refractivity (Wildman–Crippen MR) is 124 cm³/mol. The average molecular weight is 432 g/mol. The molecule has 3 aromatic carbocycles. The molecule has 1 amide bonds. The van der Waals surface area contributed by atoms with E-state index in [-0.39, 0.29) is 17.2 Å². The first-order chi connectivity index (χ1) is 15.0. The Morgan fingerprint density at radius 2 is 1.87 bits per heavy atom. The summed E-state index contributed by atoms with van der Waals surface area (Å²) in [5.41, 5.74) is 2.83. The quantitative estimate of drug-likeness (QED) is 0.361. The number of carbonyl (C=O) groups excluding carboxylic acids is 1. The molecule has 0 aliphatic heterocycles. The normalized spacial score (nSPS) is 10.8. The Hall–Kier alpha value is -3.58. The molecular weight excluding hydrogens is 410 g/mol. The monoisotopic (exact) mass is 431 g/mol. The van der Waals surface area contributed by atoms with Crippen LogP contribution in [0.3, 0.4) is 0 Å². The smallest absolute Gasteiger partial charge is 0.266 e. The Morgan fingerprint density at radius 1 is 1.06 bits per heavy atom. The summed E-state index contributed by atoms with van der Waals surface area (Å²) in [7, 11) is 1.58. The molecule has 0 radical (unpaired) electrons. The highest BCUT2D eigenvalue weighted by Crippen LogP contribution is 2.24. The minimum absolute atomic E-state index is 0.114. The molecule has 0 aliphatic carbocycles. The SMILES string of the molecule is COc1cccc(-n2c(SCC(=O)Nc3cccc(C)c3)nc3ccccc3c2=O)c1. The van der Waals surface area contributed by atoms with E-state index < -0.39 is 0 Å². The number of fused-ring (bicyclic) bond motifs is 1. The number of thioether (sulfide) groups is 1. The van der Waals surface area contributed by atoms with Gasteiger partial charge in [0.2, 0.25) is 5.91 Å². The topological polar surface area (TPSA) is 73.2 Å². The van der Waals surface area contributed by atoms with Crippen molar-refractivity contribution >= 4 is 34.3 Å². The first-order valence-electron chi connectivity index (χ1n) is 9.71. The fourth-order valence-electron chi connectivity index (χ4n) is 3.24. The van der Waals surface area contributed by atoms with Gasteiger partial charge in [-0.3, -0.25) is 14.2 Å². The predicted octanol–water partition coefficient (Wildman–Crippen LogP) is 4.43. The molecule has 0 aliphatic rings. The Labute approximate surface area is 183 Å². The van der Waals surface area contributed by atoms with E-state index in [0.29, 0.717) is 27.5 Å². The highest BCUT2D eigenvalue weighted by Gasteiger charge is 2.15. The molecule has 1 aromatic heterocycles. The summed E-state index contributed by atoms with van der Waals surface area (Å²) in [4.78, 5) is 30.5. The molecule has 0 fully saturated rings. The van der Waals surface area contributed by atoms with Gasteiger partial charge in [-0.25, -0.2) is 4.98 Å². The molecule has 0 saturated heterocycles. The van der Waals surface area contributed by atoms with E-state index in [1.165, 1.54) is 16.3 Å². The maximum Gasteiger partial charge on any atom is 0.266 e. The van der Waals surface area contributed by atoms with E-state index in [9.17, 15) is 9.59 Å². The summed E-state index contributed by atoms with van der Waals surface area (Å²) in [6, 6.07) is 22.0. The zero-order valence-corrected chi connectivity index (χ0v) is 18.0. The van der Waals surface area contributed by atoms with Crippen molar-refractivity contribution in [3.63, 3.8) is 0 Å². The molecule has 4 aromatic rings. The number of hydrogen-bond acceptors (Lipinski definition) is 5. The van der Waals surface area contributed by atoms with Gasteiger partial charge in [-0.15, -0.1) is 0 Å². The van der Waals surface area contributed by atoms with Crippen molar-refractivity contribution < 1.29 is 9.53 Å². The number of anilines is 1. The second kappa shape index (κ2) is 9.06. The van der Waals surface area contributed by atoms with Gasteiger partial charge in [0.1, 0.15) is 5.75 Å². The van der Waals surface area contributed by atoms with E-state index in [0.717, 1.165) is 11.3 Å². The molecular formula is C24H21N3O3S. The Kier molecular flexibility index (Phi) is 6.04. The van der Waals surface area contributed by atoms with Gasteiger partial charge in [0, 0.05) is 11.8 Å². The van der Waals surface area contributed by atoms with Crippen molar-refractivity contribution in [3.05, 3.63) is 88.7 Å². The molecule has 0 atom stereocenters. The van der Waals surface area contributed by atoms with E-state index in [1.54, 1.807) is 25.3 Å². The molecule has 156 valence electrons. The van der Waals surface area contributed by atoms with Crippen molar-refractivity contribution in [1.29, 1.82) is 0 Å². The van der Waals surface area contributed by atoms with Gasteiger partial charge in [-0.1, -0.05) is 42.1 Å². The van der Waals surface area contributed by atoms with Crippen LogP contribution in [0.25, 0.3) is 16.6 Å². The lowest BCUT2D eigenvalue weighted by atomic mass is 10.2. The number of aromatic nitrogens is 2. The first-order valence-corrected chi connectivity index (χ1v) is 10.7. The lowest BCUT2D eigenvalue weighted by Crippen LogP contribution is -2.23. The number of benzene rings is 3. The second-order valence-corrected chi connectivity index (χ2v) is 7.90. The van der Waals surface area contributed by atoms with Crippen LogP contribution in [0.4, 0.5) is 5.69 Å². The molecule has 0 spiro atoms. The number of hydrogen-bond donors (Lipinski definition) is 1. The highest BCUT2D eigenvalue weighted by molar-refractivity contribution is 7.99. The molecule has 6 nitrogen and oxygen atoms in total. The fraction of sp³-hybridized carbons (Fsp3) is 0.125. The van der Waals surface area contributed by atoms with Crippen LogP contribution < -0.4 is 15.6 Å². The summed E-state index contributed by atoms with van der Waals surface area (Å²) < 4.78 is 6.83. The first kappa shape index (κ1) is 20.7. The van der Waals surface area contributed by atoms with Crippen molar-refractivity contribution in [2.45, 2.75) is 12.1 Å². The summed E-state index contributed by atoms with van der Waals surface area (Å²) in [6.45, 7) is 1.97. The molecule has 4 rings (SSSR count).